The molecule has 8 nitrogen and oxygen atoms in total. The van der Waals surface area contributed by atoms with Crippen LogP contribution in [0.15, 0.2) is 97.6 Å². The van der Waals surface area contributed by atoms with Crippen molar-refractivity contribution in [2.75, 3.05) is 33.2 Å². The summed E-state index contributed by atoms with van der Waals surface area (Å²) < 4.78 is 0. The number of halogens is 1. The van der Waals surface area contributed by atoms with Gasteiger partial charge < -0.3 is 14.7 Å². The number of rotatable bonds is 11. The fourth-order valence-electron chi connectivity index (χ4n) is 7.11. The summed E-state index contributed by atoms with van der Waals surface area (Å²) in [6, 6.07) is 26.9. The lowest BCUT2D eigenvalue weighted by Gasteiger charge is -2.39. The predicted octanol–water partition coefficient (Wildman–Crippen LogP) is 6.37. The highest BCUT2D eigenvalue weighted by molar-refractivity contribution is 5.94. The van der Waals surface area contributed by atoms with E-state index in [-0.39, 0.29) is 48.4 Å². The largest absolute Gasteiger partial charge is 0.339 e. The number of hydrogen-bond donors (Lipinski definition) is 0. The van der Waals surface area contributed by atoms with E-state index in [1.54, 1.807) is 24.3 Å². The van der Waals surface area contributed by atoms with Crippen molar-refractivity contribution in [2.24, 2.45) is 5.92 Å². The molecule has 0 N–H and O–H groups in total. The van der Waals surface area contributed by atoms with Crippen molar-refractivity contribution >= 4 is 29.9 Å². The minimum atomic E-state index is -0.426. The van der Waals surface area contributed by atoms with Gasteiger partial charge in [-0.1, -0.05) is 72.8 Å². The van der Waals surface area contributed by atoms with E-state index in [1.165, 1.54) is 11.6 Å². The number of piperidine rings is 1. The zero-order chi connectivity index (χ0) is 31.1. The van der Waals surface area contributed by atoms with Gasteiger partial charge >= 0.3 is 0 Å². The van der Waals surface area contributed by atoms with Gasteiger partial charge in [0.05, 0.1) is 11.3 Å². The summed E-state index contributed by atoms with van der Waals surface area (Å²) in [6.07, 6.45) is 5.31. The summed E-state index contributed by atoms with van der Waals surface area (Å²) >= 11 is 0. The molecule has 2 amide bonds. The van der Waals surface area contributed by atoms with Gasteiger partial charge in [0.25, 0.3) is 11.6 Å². The molecular formula is C36H43ClN4O4. The monoisotopic (exact) mass is 630 g/mol. The molecule has 3 atom stereocenters. The number of nitro groups is 1. The van der Waals surface area contributed by atoms with Crippen LogP contribution in [0.1, 0.15) is 53.1 Å². The average molecular weight is 631 g/mol. The Morgan fingerprint density at radius 3 is 2.20 bits per heavy atom. The zero-order valence-electron chi connectivity index (χ0n) is 25.9. The molecular weight excluding hydrogens is 588 g/mol. The van der Waals surface area contributed by atoms with Gasteiger partial charge in [-0.2, -0.15) is 0 Å². The van der Waals surface area contributed by atoms with Crippen molar-refractivity contribution in [3.63, 3.8) is 0 Å². The normalized spacial score (nSPS) is 20.2. The lowest BCUT2D eigenvalue weighted by atomic mass is 9.88. The quantitative estimate of drug-likeness (QED) is 0.140. The van der Waals surface area contributed by atoms with Crippen molar-refractivity contribution in [2.45, 2.75) is 50.1 Å². The number of benzene rings is 3. The highest BCUT2D eigenvalue weighted by atomic mass is 35.5. The van der Waals surface area contributed by atoms with Crippen molar-refractivity contribution in [3.8, 4) is 0 Å². The van der Waals surface area contributed by atoms with Crippen molar-refractivity contribution in [3.05, 3.63) is 124 Å². The summed E-state index contributed by atoms with van der Waals surface area (Å²) in [5.74, 6) is 0.739. The number of carbonyl (C=O) groups excluding carboxylic acids is 2. The van der Waals surface area contributed by atoms with E-state index in [0.717, 1.165) is 50.9 Å². The van der Waals surface area contributed by atoms with Crippen molar-refractivity contribution < 1.29 is 14.5 Å². The third kappa shape index (κ3) is 8.18. The van der Waals surface area contributed by atoms with Crippen LogP contribution in [0.3, 0.4) is 0 Å². The molecule has 0 bridgehead atoms. The number of hydrogen-bond acceptors (Lipinski definition) is 5. The van der Waals surface area contributed by atoms with Gasteiger partial charge in [-0.25, -0.2) is 0 Å². The Morgan fingerprint density at radius 2 is 1.56 bits per heavy atom. The van der Waals surface area contributed by atoms with E-state index >= 15 is 0 Å². The molecule has 45 heavy (non-hydrogen) atoms. The number of para-hydroxylation sites is 1. The number of nitrogens with zero attached hydrogens (tertiary/aromatic N) is 4. The second-order valence-electron chi connectivity index (χ2n) is 12.1. The molecule has 238 valence electrons. The molecule has 2 aliphatic rings. The second kappa shape index (κ2) is 15.8. The Bertz CT molecular complexity index is 1450. The Balaban J connectivity index is 0.00000461. The molecule has 2 fully saturated rings. The fourth-order valence-corrected chi connectivity index (χ4v) is 7.11. The number of nitro benzene ring substituents is 1. The molecule has 3 unspecified atom stereocenters. The van der Waals surface area contributed by atoms with Crippen molar-refractivity contribution in [1.82, 2.24) is 14.7 Å². The third-order valence-electron chi connectivity index (χ3n) is 9.45. The third-order valence-corrected chi connectivity index (χ3v) is 9.45. The standard InChI is InChI=1S/C36H42N4O4.ClH/c1-3-20-39(35(41)24-29-16-10-11-17-34(29)40(43)44)31-18-21-38(22-19-31)26-30-23-32(25-33(30)27-12-6-4-7-13-27)37(2)36(42)28-14-8-5-9-15-28;/h3-17,30-33H,1,18-26H2,2H3;1H. The number of amides is 2. The summed E-state index contributed by atoms with van der Waals surface area (Å²) in [5, 5.41) is 11.5. The molecule has 0 radical (unpaired) electrons. The molecule has 9 heteroatoms. The van der Waals surface area contributed by atoms with Crippen LogP contribution in [0.5, 0.6) is 0 Å². The molecule has 1 saturated carbocycles. The molecule has 1 aliphatic carbocycles. The van der Waals surface area contributed by atoms with Crippen LogP contribution < -0.4 is 0 Å². The van der Waals surface area contributed by atoms with Crippen LogP contribution in [0.4, 0.5) is 5.69 Å². The van der Waals surface area contributed by atoms with E-state index in [2.05, 4.69) is 35.7 Å². The van der Waals surface area contributed by atoms with Gasteiger partial charge in [-0.15, -0.1) is 19.0 Å². The zero-order valence-corrected chi connectivity index (χ0v) is 26.7. The molecule has 3 aromatic carbocycles. The Hall–Kier alpha value is -4.01. The maximum atomic E-state index is 13.4. The van der Waals surface area contributed by atoms with Crippen LogP contribution in [0, 0.1) is 16.0 Å². The van der Waals surface area contributed by atoms with E-state index in [0.29, 0.717) is 23.9 Å². The van der Waals surface area contributed by atoms with Gasteiger partial charge in [-0.3, -0.25) is 19.7 Å². The highest BCUT2D eigenvalue weighted by Gasteiger charge is 2.40. The van der Waals surface area contributed by atoms with Gasteiger partial charge in [0.2, 0.25) is 5.91 Å². The first kappa shape index (κ1) is 33.9. The van der Waals surface area contributed by atoms with E-state index < -0.39 is 4.92 Å². The van der Waals surface area contributed by atoms with Gasteiger partial charge in [0.1, 0.15) is 0 Å². The molecule has 1 heterocycles. The van der Waals surface area contributed by atoms with E-state index in [4.69, 9.17) is 0 Å². The first-order chi connectivity index (χ1) is 21.4. The van der Waals surface area contributed by atoms with Gasteiger partial charge in [0.15, 0.2) is 0 Å². The smallest absolute Gasteiger partial charge is 0.273 e. The number of carbonyl (C=O) groups is 2. The summed E-state index contributed by atoms with van der Waals surface area (Å²) in [4.78, 5) is 44.1. The molecule has 5 rings (SSSR count). The molecule has 1 aliphatic heterocycles. The Kier molecular flexibility index (Phi) is 11.9. The van der Waals surface area contributed by atoms with E-state index in [9.17, 15) is 19.7 Å². The first-order valence-electron chi connectivity index (χ1n) is 15.6. The molecule has 0 aromatic heterocycles. The maximum Gasteiger partial charge on any atom is 0.273 e. The minimum Gasteiger partial charge on any atom is -0.339 e. The van der Waals surface area contributed by atoms with Crippen LogP contribution in [-0.4, -0.2) is 76.7 Å². The topological polar surface area (TPSA) is 87.0 Å². The van der Waals surface area contributed by atoms with Crippen LogP contribution in [-0.2, 0) is 11.2 Å². The highest BCUT2D eigenvalue weighted by Crippen LogP contribution is 2.42. The van der Waals surface area contributed by atoms with Gasteiger partial charge in [0, 0.05) is 62.5 Å². The second-order valence-corrected chi connectivity index (χ2v) is 12.1. The lowest BCUT2D eigenvalue weighted by Crippen LogP contribution is -2.48. The summed E-state index contributed by atoms with van der Waals surface area (Å²) in [5.41, 5.74) is 2.46. The summed E-state index contributed by atoms with van der Waals surface area (Å²) in [7, 11) is 1.94. The first-order valence-corrected chi connectivity index (χ1v) is 15.6. The lowest BCUT2D eigenvalue weighted by molar-refractivity contribution is -0.385. The van der Waals surface area contributed by atoms with Crippen LogP contribution in [0.25, 0.3) is 0 Å². The minimum absolute atomic E-state index is 0. The predicted molar refractivity (Wildman–Crippen MR) is 180 cm³/mol. The number of likely N-dealkylation sites (tertiary alicyclic amines) is 1. The molecule has 3 aromatic rings. The van der Waals surface area contributed by atoms with E-state index in [1.807, 2.05) is 53.2 Å². The average Bonchev–Trinajstić information content (AvgIpc) is 3.48. The molecule has 0 spiro atoms. The Morgan fingerprint density at radius 1 is 0.933 bits per heavy atom. The van der Waals surface area contributed by atoms with Crippen LogP contribution >= 0.6 is 12.4 Å². The SMILES string of the molecule is C=CCN(C(=O)Cc1ccccc1[N+](=O)[O-])C1CCN(CC2CC(N(C)C(=O)c3ccccc3)CC2c2ccccc2)CC1.Cl. The molecule has 1 saturated heterocycles. The van der Waals surface area contributed by atoms with Gasteiger partial charge in [-0.05, 0) is 55.2 Å². The summed E-state index contributed by atoms with van der Waals surface area (Å²) in [6.45, 7) is 6.98. The Labute approximate surface area is 272 Å². The van der Waals surface area contributed by atoms with Crippen LogP contribution in [0.2, 0.25) is 0 Å². The fraction of sp³-hybridized carbons (Fsp3) is 0.389. The maximum absolute atomic E-state index is 13.4. The van der Waals surface area contributed by atoms with Crippen molar-refractivity contribution in [1.29, 1.82) is 0 Å².